The minimum atomic E-state index is -3.03. The highest BCUT2D eigenvalue weighted by atomic mass is 16.8. The Morgan fingerprint density at radius 2 is 1.60 bits per heavy atom. The van der Waals surface area contributed by atoms with Crippen molar-refractivity contribution in [2.24, 2.45) is 0 Å². The standard InChI is InChI=1S/C27H45NO20/c1-3-4-14(33)43-7-11(32)16(34)22-15(28-9(2)30)10(31)5-27(47-22,26(41)42)48-23-18(36)12(6-29)46-25(21(23)39)44-8-13-17(35)19(37)20(38)24(40)45-13/h10-13,15-25,29,31-32,34-40H,3-8H2,1-2H3,(H,28,30)(H,41,42)/t10-,11+,12+,13+,15+,16+,17+,18-,19-,20+,21+,22+,23-,24-,25+,27-/m0/s1. The van der Waals surface area contributed by atoms with E-state index in [2.05, 4.69) is 5.32 Å². The van der Waals surface area contributed by atoms with Crippen LogP contribution in [0, 0.1) is 0 Å². The highest BCUT2D eigenvalue weighted by Gasteiger charge is 2.59. The average Bonchev–Trinajstić information content (AvgIpc) is 3.03. The first-order valence-corrected chi connectivity index (χ1v) is 15.2. The van der Waals surface area contributed by atoms with Gasteiger partial charge in [-0.05, 0) is 6.42 Å². The summed E-state index contributed by atoms with van der Waals surface area (Å²) in [4.78, 5) is 36.4. The molecule has 3 aliphatic rings. The topological polar surface area (TPSA) is 341 Å². The smallest absolute Gasteiger partial charge is 0.364 e. The molecule has 12 N–H and O–H groups in total. The molecule has 0 saturated carbocycles. The van der Waals surface area contributed by atoms with Crippen LogP contribution < -0.4 is 5.32 Å². The van der Waals surface area contributed by atoms with Crippen LogP contribution in [0.15, 0.2) is 0 Å². The van der Waals surface area contributed by atoms with Crippen LogP contribution in [-0.4, -0.2) is 191 Å². The van der Waals surface area contributed by atoms with E-state index in [1.165, 1.54) is 0 Å². The van der Waals surface area contributed by atoms with Gasteiger partial charge in [-0.1, -0.05) is 6.92 Å². The van der Waals surface area contributed by atoms with Gasteiger partial charge in [-0.2, -0.15) is 0 Å². The third kappa shape index (κ3) is 9.12. The number of aliphatic carboxylic acids is 1. The van der Waals surface area contributed by atoms with E-state index in [1.54, 1.807) is 6.92 Å². The lowest BCUT2D eigenvalue weighted by Crippen LogP contribution is -2.70. The molecule has 16 atom stereocenters. The van der Waals surface area contributed by atoms with Crippen molar-refractivity contribution >= 4 is 17.8 Å². The summed E-state index contributed by atoms with van der Waals surface area (Å²) in [7, 11) is 0. The predicted molar refractivity (Wildman–Crippen MR) is 149 cm³/mol. The van der Waals surface area contributed by atoms with Gasteiger partial charge in [0.1, 0.15) is 73.8 Å². The number of carbonyl (C=O) groups excluding carboxylic acids is 2. The normalized spacial score (nSPS) is 41.6. The van der Waals surface area contributed by atoms with Crippen molar-refractivity contribution in [1.29, 1.82) is 0 Å². The molecule has 3 rings (SSSR count). The van der Waals surface area contributed by atoms with E-state index in [4.69, 9.17) is 28.4 Å². The fraction of sp³-hybridized carbons (Fsp3) is 0.889. The Kier molecular flexibility index (Phi) is 14.4. The molecule has 0 aromatic carbocycles. The number of carboxylic acid groups (broad SMARTS) is 1. The van der Waals surface area contributed by atoms with Crippen LogP contribution in [-0.2, 0) is 42.8 Å². The zero-order valence-electron chi connectivity index (χ0n) is 26.0. The van der Waals surface area contributed by atoms with E-state index in [-0.39, 0.29) is 6.42 Å². The number of aliphatic hydroxyl groups excluding tert-OH is 10. The maximum atomic E-state index is 12.7. The zero-order chi connectivity index (χ0) is 36.1. The highest BCUT2D eigenvalue weighted by molar-refractivity contribution is 5.76. The van der Waals surface area contributed by atoms with Gasteiger partial charge in [0.15, 0.2) is 12.6 Å². The first-order valence-electron chi connectivity index (χ1n) is 15.2. The maximum absolute atomic E-state index is 12.7. The minimum absolute atomic E-state index is 0.0114. The van der Waals surface area contributed by atoms with Crippen molar-refractivity contribution in [3.05, 3.63) is 0 Å². The molecule has 3 heterocycles. The van der Waals surface area contributed by atoms with Crippen LogP contribution in [0.25, 0.3) is 0 Å². The van der Waals surface area contributed by atoms with Gasteiger partial charge in [0, 0.05) is 19.8 Å². The lowest BCUT2D eigenvalue weighted by molar-refractivity contribution is -0.373. The monoisotopic (exact) mass is 703 g/mol. The first kappa shape index (κ1) is 40.2. The third-order valence-corrected chi connectivity index (χ3v) is 8.13. The summed E-state index contributed by atoms with van der Waals surface area (Å²) in [6.45, 7) is 0.259. The molecule has 1 amide bonds. The van der Waals surface area contributed by atoms with Gasteiger partial charge < -0.3 is 89.9 Å². The molecule has 0 aromatic rings. The van der Waals surface area contributed by atoms with Gasteiger partial charge in [0.25, 0.3) is 5.79 Å². The fourth-order valence-electron chi connectivity index (χ4n) is 5.50. The molecular formula is C27H45NO20. The summed E-state index contributed by atoms with van der Waals surface area (Å²) in [6.07, 6.45) is -27.1. The molecule has 21 heteroatoms. The van der Waals surface area contributed by atoms with Crippen molar-refractivity contribution in [2.75, 3.05) is 19.8 Å². The van der Waals surface area contributed by atoms with Crippen molar-refractivity contribution in [3.63, 3.8) is 0 Å². The Bertz CT molecular complexity index is 1080. The van der Waals surface area contributed by atoms with E-state index in [0.29, 0.717) is 6.42 Å². The summed E-state index contributed by atoms with van der Waals surface area (Å²) >= 11 is 0. The molecule has 3 fully saturated rings. The number of nitrogens with one attached hydrogen (secondary N) is 1. The molecule has 0 radical (unpaired) electrons. The predicted octanol–water partition coefficient (Wildman–Crippen LogP) is -6.87. The number of carboxylic acids is 1. The molecule has 278 valence electrons. The second-order valence-electron chi connectivity index (χ2n) is 11.8. The van der Waals surface area contributed by atoms with E-state index < -0.39 is 142 Å². The van der Waals surface area contributed by atoms with Crippen LogP contribution in [0.5, 0.6) is 0 Å². The van der Waals surface area contributed by atoms with Crippen LogP contribution in [0.1, 0.15) is 33.1 Å². The van der Waals surface area contributed by atoms with Gasteiger partial charge in [0.2, 0.25) is 5.91 Å². The number of amides is 1. The molecule has 48 heavy (non-hydrogen) atoms. The third-order valence-electron chi connectivity index (χ3n) is 8.13. The van der Waals surface area contributed by atoms with Crippen LogP contribution in [0.3, 0.4) is 0 Å². The molecule has 0 aliphatic carbocycles. The van der Waals surface area contributed by atoms with Crippen molar-refractivity contribution in [3.8, 4) is 0 Å². The Morgan fingerprint density at radius 1 is 0.938 bits per heavy atom. The molecule has 0 bridgehead atoms. The van der Waals surface area contributed by atoms with Gasteiger partial charge in [0.05, 0.1) is 25.4 Å². The van der Waals surface area contributed by atoms with Gasteiger partial charge in [-0.3, -0.25) is 9.59 Å². The molecule has 3 aliphatic heterocycles. The lowest BCUT2D eigenvalue weighted by Gasteiger charge is -2.50. The van der Waals surface area contributed by atoms with Crippen LogP contribution in [0.4, 0.5) is 0 Å². The number of carbonyl (C=O) groups is 3. The number of esters is 1. The lowest BCUT2D eigenvalue weighted by atomic mass is 9.88. The summed E-state index contributed by atoms with van der Waals surface area (Å²) in [6, 6.07) is -1.56. The number of ether oxygens (including phenoxy) is 6. The molecule has 0 aromatic heterocycles. The minimum Gasteiger partial charge on any atom is -0.477 e. The van der Waals surface area contributed by atoms with Crippen molar-refractivity contribution in [2.45, 2.75) is 131 Å². The number of rotatable bonds is 14. The van der Waals surface area contributed by atoms with E-state index in [9.17, 15) is 70.6 Å². The van der Waals surface area contributed by atoms with Crippen LogP contribution in [0.2, 0.25) is 0 Å². The zero-order valence-corrected chi connectivity index (χ0v) is 26.0. The summed E-state index contributed by atoms with van der Waals surface area (Å²) in [5.41, 5.74) is 0. The second-order valence-corrected chi connectivity index (χ2v) is 11.8. The highest BCUT2D eigenvalue weighted by Crippen LogP contribution is 2.37. The largest absolute Gasteiger partial charge is 0.477 e. The summed E-state index contributed by atoms with van der Waals surface area (Å²) < 4.78 is 31.9. The van der Waals surface area contributed by atoms with E-state index in [0.717, 1.165) is 6.92 Å². The van der Waals surface area contributed by atoms with E-state index >= 15 is 0 Å². The van der Waals surface area contributed by atoms with Gasteiger partial charge in [-0.15, -0.1) is 0 Å². The molecule has 3 saturated heterocycles. The van der Waals surface area contributed by atoms with Crippen molar-refractivity contribution < 1.29 is 99.0 Å². The number of aliphatic hydroxyl groups is 10. The summed E-state index contributed by atoms with van der Waals surface area (Å²) in [5, 5.41) is 116. The number of hydrogen-bond acceptors (Lipinski definition) is 19. The fourth-order valence-corrected chi connectivity index (χ4v) is 5.50. The molecule has 21 nitrogen and oxygen atoms in total. The second kappa shape index (κ2) is 17.2. The van der Waals surface area contributed by atoms with E-state index in [1.807, 2.05) is 0 Å². The van der Waals surface area contributed by atoms with Crippen molar-refractivity contribution in [1.82, 2.24) is 5.32 Å². The average molecular weight is 704 g/mol. The Balaban J connectivity index is 1.86. The quantitative estimate of drug-likeness (QED) is 0.0748. The molecule has 0 spiro atoms. The van der Waals surface area contributed by atoms with Crippen LogP contribution >= 0.6 is 0 Å². The Morgan fingerprint density at radius 3 is 2.19 bits per heavy atom. The Labute approximate surface area is 273 Å². The number of hydrogen-bond donors (Lipinski definition) is 12. The Hall–Kier alpha value is -2.19. The SMILES string of the molecule is CCCC(=O)OC[C@@H](O)[C@@H](O)[C@@H]1O[C@@](O[C@H]2[C@@H](O)[C@@H](CO)O[C@@H](OC[C@H]3O[C@H](O)[C@H](O)[C@@H](O)[C@@H]3O)[C@@H]2O)(C(=O)O)C[C@H](O)[C@H]1NC(C)=O. The first-order chi connectivity index (χ1) is 22.5. The maximum Gasteiger partial charge on any atom is 0.364 e. The molecule has 0 unspecified atom stereocenters. The van der Waals surface area contributed by atoms with Gasteiger partial charge in [-0.25, -0.2) is 4.79 Å². The summed E-state index contributed by atoms with van der Waals surface area (Å²) in [5.74, 6) is -6.47. The molecular weight excluding hydrogens is 658 g/mol. The van der Waals surface area contributed by atoms with Gasteiger partial charge >= 0.3 is 11.9 Å².